The molecule has 0 rings (SSSR count). The van der Waals surface area contributed by atoms with Crippen molar-refractivity contribution in [2.45, 2.75) is 13.3 Å². The van der Waals surface area contributed by atoms with Crippen LogP contribution in [0, 0.1) is 0 Å². The van der Waals surface area contributed by atoms with Crippen LogP contribution in [0.25, 0.3) is 0 Å². The number of halogens is 1. The molecule has 0 bridgehead atoms. The normalized spacial score (nSPS) is 11.2. The number of rotatable bonds is 3. The highest BCUT2D eigenvalue weighted by Crippen LogP contribution is 2.09. The summed E-state index contributed by atoms with van der Waals surface area (Å²) in [6.45, 7) is 5.29. The van der Waals surface area contributed by atoms with Gasteiger partial charge in [-0.2, -0.15) is 0 Å². The highest BCUT2D eigenvalue weighted by atomic mass is 79.9. The minimum atomic E-state index is -0.886. The molecule has 0 aliphatic heterocycles. The van der Waals surface area contributed by atoms with E-state index in [4.69, 9.17) is 5.11 Å². The quantitative estimate of drug-likeness (QED) is 0.567. The van der Waals surface area contributed by atoms with Gasteiger partial charge in [-0.05, 0) is 12.5 Å². The van der Waals surface area contributed by atoms with Crippen LogP contribution in [0.15, 0.2) is 22.7 Å². The Morgan fingerprint density at radius 1 is 1.80 bits per heavy atom. The molecule has 10 heavy (non-hydrogen) atoms. The molecule has 0 aliphatic carbocycles. The molecule has 0 saturated carbocycles. The van der Waals surface area contributed by atoms with Crippen LogP contribution in [0.2, 0.25) is 0 Å². The Balaban J connectivity index is 4.34. The predicted octanol–water partition coefficient (Wildman–Crippen LogP) is 2.32. The zero-order chi connectivity index (χ0) is 8.15. The van der Waals surface area contributed by atoms with Crippen LogP contribution in [0.3, 0.4) is 0 Å². The largest absolute Gasteiger partial charge is 0.478 e. The summed E-state index contributed by atoms with van der Waals surface area (Å²) >= 11 is 3.05. The van der Waals surface area contributed by atoms with Crippen molar-refractivity contribution in [3.8, 4) is 0 Å². The molecule has 0 aromatic carbocycles. The molecular formula is C7H9BrO2. The molecule has 0 unspecified atom stereocenters. The first-order valence-corrected chi connectivity index (χ1v) is 3.65. The van der Waals surface area contributed by atoms with Gasteiger partial charge in [0, 0.05) is 10.1 Å². The lowest BCUT2D eigenvalue weighted by Crippen LogP contribution is -1.98. The summed E-state index contributed by atoms with van der Waals surface area (Å²) in [5.74, 6) is -0.886. The zero-order valence-electron chi connectivity index (χ0n) is 5.72. The van der Waals surface area contributed by atoms with E-state index in [9.17, 15) is 4.79 Å². The van der Waals surface area contributed by atoms with E-state index in [2.05, 4.69) is 22.5 Å². The average Bonchev–Trinajstić information content (AvgIpc) is 1.81. The third-order valence-electron chi connectivity index (χ3n) is 0.986. The fourth-order valence-electron chi connectivity index (χ4n) is 0.504. The number of carbonyl (C=O) groups is 1. The van der Waals surface area contributed by atoms with Gasteiger partial charge < -0.3 is 5.11 Å². The molecule has 56 valence electrons. The fraction of sp³-hybridized carbons (Fsp3) is 0.286. The maximum atomic E-state index is 10.3. The molecule has 1 N–H and O–H groups in total. The predicted molar refractivity (Wildman–Crippen MR) is 44.1 cm³/mol. The first-order valence-electron chi connectivity index (χ1n) is 2.86. The van der Waals surface area contributed by atoms with Crippen molar-refractivity contribution in [1.29, 1.82) is 0 Å². The first kappa shape index (κ1) is 9.43. The summed E-state index contributed by atoms with van der Waals surface area (Å²) in [4.78, 5) is 10.3. The van der Waals surface area contributed by atoms with Gasteiger partial charge >= 0.3 is 5.97 Å². The Labute approximate surface area is 68.4 Å². The van der Waals surface area contributed by atoms with Gasteiger partial charge in [-0.25, -0.2) is 4.79 Å². The molecule has 0 aromatic rings. The molecule has 0 fully saturated rings. The summed E-state index contributed by atoms with van der Waals surface area (Å²) in [5, 5.41) is 8.49. The Bertz CT molecular complexity index is 182. The van der Waals surface area contributed by atoms with E-state index >= 15 is 0 Å². The van der Waals surface area contributed by atoms with Crippen molar-refractivity contribution in [2.24, 2.45) is 0 Å². The van der Waals surface area contributed by atoms with Gasteiger partial charge in [0.05, 0.1) is 0 Å². The highest BCUT2D eigenvalue weighted by molar-refractivity contribution is 9.11. The van der Waals surface area contributed by atoms with E-state index in [1.165, 1.54) is 6.08 Å². The second kappa shape index (κ2) is 4.28. The van der Waals surface area contributed by atoms with Crippen molar-refractivity contribution in [3.63, 3.8) is 0 Å². The number of hydrogen-bond donors (Lipinski definition) is 1. The molecular weight excluding hydrogens is 196 g/mol. The number of carboxylic acids is 1. The Morgan fingerprint density at radius 3 is 2.40 bits per heavy atom. The maximum absolute atomic E-state index is 10.3. The minimum absolute atomic E-state index is 0.363. The van der Waals surface area contributed by atoms with Crippen LogP contribution in [0.5, 0.6) is 0 Å². The van der Waals surface area contributed by atoms with E-state index in [-0.39, 0.29) is 0 Å². The van der Waals surface area contributed by atoms with Gasteiger partial charge in [-0.1, -0.05) is 29.4 Å². The summed E-state index contributed by atoms with van der Waals surface area (Å²) in [5.41, 5.74) is 0.363. The van der Waals surface area contributed by atoms with E-state index in [0.717, 1.165) is 0 Å². The van der Waals surface area contributed by atoms with Gasteiger partial charge in [-0.3, -0.25) is 0 Å². The van der Waals surface area contributed by atoms with Crippen LogP contribution in [0.1, 0.15) is 13.3 Å². The SMILES string of the molecule is C=C(Br)C=C(CC)C(=O)O. The Morgan fingerprint density at radius 2 is 2.30 bits per heavy atom. The third-order valence-corrected chi connectivity index (χ3v) is 1.22. The smallest absolute Gasteiger partial charge is 0.331 e. The highest BCUT2D eigenvalue weighted by Gasteiger charge is 2.02. The zero-order valence-corrected chi connectivity index (χ0v) is 7.31. The molecule has 0 atom stereocenters. The number of carboxylic acid groups (broad SMARTS) is 1. The number of allylic oxidation sites excluding steroid dienone is 2. The molecule has 0 spiro atoms. The van der Waals surface area contributed by atoms with Crippen molar-refractivity contribution in [2.75, 3.05) is 0 Å². The lowest BCUT2D eigenvalue weighted by Gasteiger charge is -1.94. The second-order valence-electron chi connectivity index (χ2n) is 1.78. The third kappa shape index (κ3) is 3.45. The second-order valence-corrected chi connectivity index (χ2v) is 2.79. The lowest BCUT2D eigenvalue weighted by molar-refractivity contribution is -0.132. The minimum Gasteiger partial charge on any atom is -0.478 e. The topological polar surface area (TPSA) is 37.3 Å². The Kier molecular flexibility index (Phi) is 4.03. The van der Waals surface area contributed by atoms with Crippen molar-refractivity contribution in [3.05, 3.63) is 22.7 Å². The maximum Gasteiger partial charge on any atom is 0.331 e. The standard InChI is InChI=1S/C7H9BrO2/c1-3-6(7(9)10)4-5(2)8/h4H,2-3H2,1H3,(H,9,10). The van der Waals surface area contributed by atoms with Crippen LogP contribution in [-0.4, -0.2) is 11.1 Å². The molecule has 0 radical (unpaired) electrons. The summed E-state index contributed by atoms with van der Waals surface area (Å²) in [6, 6.07) is 0. The van der Waals surface area contributed by atoms with Crippen molar-refractivity contribution < 1.29 is 9.90 Å². The van der Waals surface area contributed by atoms with Crippen LogP contribution in [0.4, 0.5) is 0 Å². The molecule has 0 aromatic heterocycles. The van der Waals surface area contributed by atoms with E-state index in [1.54, 1.807) is 6.92 Å². The molecule has 2 nitrogen and oxygen atoms in total. The molecule has 0 amide bonds. The van der Waals surface area contributed by atoms with Crippen LogP contribution >= 0.6 is 15.9 Å². The Hall–Kier alpha value is -0.570. The summed E-state index contributed by atoms with van der Waals surface area (Å²) in [7, 11) is 0. The number of hydrogen-bond acceptors (Lipinski definition) is 1. The molecule has 0 aliphatic rings. The van der Waals surface area contributed by atoms with Crippen LogP contribution < -0.4 is 0 Å². The van der Waals surface area contributed by atoms with Gasteiger partial charge in [0.15, 0.2) is 0 Å². The summed E-state index contributed by atoms with van der Waals surface area (Å²) in [6.07, 6.45) is 2.02. The molecule has 0 saturated heterocycles. The average molecular weight is 205 g/mol. The monoisotopic (exact) mass is 204 g/mol. The van der Waals surface area contributed by atoms with E-state index < -0.39 is 5.97 Å². The van der Waals surface area contributed by atoms with E-state index in [0.29, 0.717) is 16.5 Å². The molecule has 3 heteroatoms. The van der Waals surface area contributed by atoms with Gasteiger partial charge in [0.1, 0.15) is 0 Å². The van der Waals surface area contributed by atoms with Gasteiger partial charge in [0.25, 0.3) is 0 Å². The molecule has 0 heterocycles. The van der Waals surface area contributed by atoms with Gasteiger partial charge in [0.2, 0.25) is 0 Å². The lowest BCUT2D eigenvalue weighted by atomic mass is 10.2. The first-order chi connectivity index (χ1) is 4.57. The van der Waals surface area contributed by atoms with Gasteiger partial charge in [-0.15, -0.1) is 0 Å². The van der Waals surface area contributed by atoms with E-state index in [1.807, 2.05) is 0 Å². The van der Waals surface area contributed by atoms with Crippen molar-refractivity contribution in [1.82, 2.24) is 0 Å². The van der Waals surface area contributed by atoms with Crippen molar-refractivity contribution >= 4 is 21.9 Å². The van der Waals surface area contributed by atoms with Crippen LogP contribution in [-0.2, 0) is 4.79 Å². The fourth-order valence-corrected chi connectivity index (χ4v) is 0.780. The number of aliphatic carboxylic acids is 1. The summed E-state index contributed by atoms with van der Waals surface area (Å²) < 4.78 is 0.590.